The summed E-state index contributed by atoms with van der Waals surface area (Å²) in [4.78, 5) is 4.49. The molecule has 1 rings (SSSR count). The molecular weight excluding hydrogens is 200 g/mol. The van der Waals surface area contributed by atoms with E-state index < -0.39 is 0 Å². The minimum absolute atomic E-state index is 0.475. The molecule has 0 amide bonds. The first-order valence-corrected chi connectivity index (χ1v) is 5.59. The van der Waals surface area contributed by atoms with E-state index in [4.69, 9.17) is 4.74 Å². The molecule has 0 aromatic carbocycles. The topological polar surface area (TPSA) is 34.1 Å². The molecule has 0 aliphatic heterocycles. The van der Waals surface area contributed by atoms with Crippen LogP contribution in [0.2, 0.25) is 0 Å². The fourth-order valence-electron chi connectivity index (χ4n) is 1.26. The minimum Gasteiger partial charge on any atom is -0.371 e. The predicted molar refractivity (Wildman–Crippen MR) is 66.1 cm³/mol. The number of nitrogens with zero attached hydrogens (tertiary/aromatic N) is 1. The van der Waals surface area contributed by atoms with E-state index >= 15 is 0 Å². The molecule has 0 spiro atoms. The van der Waals surface area contributed by atoms with Crippen molar-refractivity contribution in [2.45, 2.75) is 33.0 Å². The van der Waals surface area contributed by atoms with Crippen LogP contribution in [0.15, 0.2) is 30.9 Å². The molecule has 0 saturated carbocycles. The minimum atomic E-state index is 0.475. The maximum Gasteiger partial charge on any atom is 0.0892 e. The second-order valence-electron chi connectivity index (χ2n) is 3.96. The summed E-state index contributed by atoms with van der Waals surface area (Å²) in [7, 11) is 0. The lowest BCUT2D eigenvalue weighted by atomic mass is 10.3. The van der Waals surface area contributed by atoms with Gasteiger partial charge in [-0.1, -0.05) is 26.0 Å². The third kappa shape index (κ3) is 5.05. The standard InChI is InChI=1S/C13H20N2O/c1-4-8-16-10-13-7-5-6-12(15-13)9-14-11(2)3/h4-7,11,14H,1,8-10H2,2-3H3. The van der Waals surface area contributed by atoms with E-state index in [9.17, 15) is 0 Å². The Balaban J connectivity index is 2.46. The molecule has 1 N–H and O–H groups in total. The van der Waals surface area contributed by atoms with E-state index in [0.717, 1.165) is 17.9 Å². The number of ether oxygens (including phenoxy) is 1. The van der Waals surface area contributed by atoms with Crippen molar-refractivity contribution in [2.75, 3.05) is 6.61 Å². The highest BCUT2D eigenvalue weighted by atomic mass is 16.5. The first-order chi connectivity index (χ1) is 7.72. The van der Waals surface area contributed by atoms with Gasteiger partial charge in [-0.15, -0.1) is 6.58 Å². The molecule has 1 aromatic rings. The van der Waals surface area contributed by atoms with E-state index in [1.807, 2.05) is 18.2 Å². The zero-order chi connectivity index (χ0) is 11.8. The predicted octanol–water partition coefficient (Wildman–Crippen LogP) is 2.28. The maximum absolute atomic E-state index is 5.35. The highest BCUT2D eigenvalue weighted by molar-refractivity contribution is 5.10. The van der Waals surface area contributed by atoms with Crippen LogP contribution in [0.5, 0.6) is 0 Å². The van der Waals surface area contributed by atoms with Crippen LogP contribution in [-0.2, 0) is 17.9 Å². The largest absolute Gasteiger partial charge is 0.371 e. The molecule has 0 saturated heterocycles. The molecule has 0 unspecified atom stereocenters. The monoisotopic (exact) mass is 220 g/mol. The normalized spacial score (nSPS) is 10.7. The van der Waals surface area contributed by atoms with E-state index in [1.54, 1.807) is 6.08 Å². The summed E-state index contributed by atoms with van der Waals surface area (Å²) in [6.45, 7) is 9.75. The Hall–Kier alpha value is -1.19. The molecule has 0 radical (unpaired) electrons. The lowest BCUT2D eigenvalue weighted by Gasteiger charge is -2.08. The molecule has 88 valence electrons. The summed E-state index contributed by atoms with van der Waals surface area (Å²) >= 11 is 0. The Morgan fingerprint density at radius 2 is 2.19 bits per heavy atom. The zero-order valence-electron chi connectivity index (χ0n) is 10.1. The van der Waals surface area contributed by atoms with Gasteiger partial charge in [0.05, 0.1) is 24.6 Å². The van der Waals surface area contributed by atoms with Crippen molar-refractivity contribution in [3.05, 3.63) is 42.2 Å². The van der Waals surface area contributed by atoms with Gasteiger partial charge in [-0.3, -0.25) is 4.98 Å². The summed E-state index contributed by atoms with van der Waals surface area (Å²) in [5.41, 5.74) is 2.01. The van der Waals surface area contributed by atoms with Crippen LogP contribution in [-0.4, -0.2) is 17.6 Å². The smallest absolute Gasteiger partial charge is 0.0892 e. The van der Waals surface area contributed by atoms with Gasteiger partial charge in [0.15, 0.2) is 0 Å². The first kappa shape index (κ1) is 12.9. The summed E-state index contributed by atoms with van der Waals surface area (Å²) in [5, 5.41) is 3.34. The van der Waals surface area contributed by atoms with Crippen LogP contribution in [0, 0.1) is 0 Å². The Kier molecular flexibility index (Phi) is 5.75. The van der Waals surface area contributed by atoms with Crippen molar-refractivity contribution in [3.8, 4) is 0 Å². The van der Waals surface area contributed by atoms with Crippen LogP contribution >= 0.6 is 0 Å². The van der Waals surface area contributed by atoms with Gasteiger partial charge < -0.3 is 10.1 Å². The Labute approximate surface area is 97.5 Å². The van der Waals surface area contributed by atoms with Crippen molar-refractivity contribution in [1.29, 1.82) is 0 Å². The quantitative estimate of drug-likeness (QED) is 0.565. The van der Waals surface area contributed by atoms with Crippen LogP contribution in [0.25, 0.3) is 0 Å². The molecule has 16 heavy (non-hydrogen) atoms. The zero-order valence-corrected chi connectivity index (χ0v) is 10.1. The van der Waals surface area contributed by atoms with Crippen LogP contribution < -0.4 is 5.32 Å². The fraction of sp³-hybridized carbons (Fsp3) is 0.462. The van der Waals surface area contributed by atoms with Crippen molar-refractivity contribution in [1.82, 2.24) is 10.3 Å². The number of nitrogens with one attached hydrogen (secondary N) is 1. The second-order valence-corrected chi connectivity index (χ2v) is 3.96. The van der Waals surface area contributed by atoms with E-state index in [2.05, 4.69) is 30.7 Å². The van der Waals surface area contributed by atoms with Gasteiger partial charge >= 0.3 is 0 Å². The summed E-state index contributed by atoms with van der Waals surface area (Å²) in [6.07, 6.45) is 1.74. The molecule has 0 aliphatic rings. The van der Waals surface area contributed by atoms with Crippen LogP contribution in [0.3, 0.4) is 0 Å². The summed E-state index contributed by atoms with van der Waals surface area (Å²) in [5.74, 6) is 0. The average Bonchev–Trinajstić information content (AvgIpc) is 2.27. The van der Waals surface area contributed by atoms with Gasteiger partial charge in [0.2, 0.25) is 0 Å². The molecule has 0 bridgehead atoms. The van der Waals surface area contributed by atoms with Crippen molar-refractivity contribution in [2.24, 2.45) is 0 Å². The number of rotatable bonds is 7. The van der Waals surface area contributed by atoms with E-state index in [0.29, 0.717) is 19.3 Å². The van der Waals surface area contributed by atoms with Gasteiger partial charge in [0.25, 0.3) is 0 Å². The van der Waals surface area contributed by atoms with Gasteiger partial charge in [-0.2, -0.15) is 0 Å². The van der Waals surface area contributed by atoms with Crippen molar-refractivity contribution in [3.63, 3.8) is 0 Å². The Morgan fingerprint density at radius 3 is 2.88 bits per heavy atom. The number of pyridine rings is 1. The van der Waals surface area contributed by atoms with E-state index in [1.165, 1.54) is 0 Å². The lowest BCUT2D eigenvalue weighted by molar-refractivity contribution is 0.146. The maximum atomic E-state index is 5.35. The summed E-state index contributed by atoms with van der Waals surface area (Å²) in [6, 6.07) is 6.48. The number of hydrogen-bond donors (Lipinski definition) is 1. The lowest BCUT2D eigenvalue weighted by Crippen LogP contribution is -2.22. The van der Waals surface area contributed by atoms with Crippen LogP contribution in [0.4, 0.5) is 0 Å². The van der Waals surface area contributed by atoms with E-state index in [-0.39, 0.29) is 0 Å². The highest BCUT2D eigenvalue weighted by Crippen LogP contribution is 2.01. The highest BCUT2D eigenvalue weighted by Gasteiger charge is 1.99. The number of aromatic nitrogens is 1. The Bertz CT molecular complexity index is 323. The van der Waals surface area contributed by atoms with Crippen molar-refractivity contribution >= 4 is 0 Å². The summed E-state index contributed by atoms with van der Waals surface area (Å²) < 4.78 is 5.35. The third-order valence-corrected chi connectivity index (χ3v) is 2.04. The molecule has 3 heteroatoms. The first-order valence-electron chi connectivity index (χ1n) is 5.59. The second kappa shape index (κ2) is 7.14. The fourth-order valence-corrected chi connectivity index (χ4v) is 1.26. The Morgan fingerprint density at radius 1 is 1.44 bits per heavy atom. The van der Waals surface area contributed by atoms with Crippen molar-refractivity contribution < 1.29 is 4.74 Å². The molecular formula is C13H20N2O. The molecule has 0 fully saturated rings. The molecule has 3 nitrogen and oxygen atoms in total. The van der Waals surface area contributed by atoms with Gasteiger partial charge in [-0.25, -0.2) is 0 Å². The molecule has 1 aromatic heterocycles. The number of hydrogen-bond acceptors (Lipinski definition) is 3. The van der Waals surface area contributed by atoms with Crippen LogP contribution in [0.1, 0.15) is 25.2 Å². The molecule has 1 heterocycles. The third-order valence-electron chi connectivity index (χ3n) is 2.04. The molecule has 0 aliphatic carbocycles. The van der Waals surface area contributed by atoms with Gasteiger partial charge in [0, 0.05) is 12.6 Å². The SMILES string of the molecule is C=CCOCc1cccc(CNC(C)C)n1. The van der Waals surface area contributed by atoms with Gasteiger partial charge in [0.1, 0.15) is 0 Å². The van der Waals surface area contributed by atoms with Gasteiger partial charge in [-0.05, 0) is 12.1 Å². The molecule has 0 atom stereocenters. The average molecular weight is 220 g/mol.